The van der Waals surface area contributed by atoms with Gasteiger partial charge < -0.3 is 14.8 Å². The van der Waals surface area contributed by atoms with Crippen molar-refractivity contribution in [2.24, 2.45) is 46.3 Å². The highest BCUT2D eigenvalue weighted by Crippen LogP contribution is 2.67. The van der Waals surface area contributed by atoms with E-state index >= 15 is 0 Å². The first-order valence-electron chi connectivity index (χ1n) is 15.4. The highest BCUT2D eigenvalue weighted by atomic mass is 16.5. The average molecular weight is 514 g/mol. The van der Waals surface area contributed by atoms with Gasteiger partial charge in [-0.25, -0.2) is 0 Å². The zero-order valence-corrected chi connectivity index (χ0v) is 24.7. The van der Waals surface area contributed by atoms with Gasteiger partial charge in [0.15, 0.2) is 0 Å². The molecule has 0 aromatic heterocycles. The molecule has 0 bridgehead atoms. The molecule has 0 heterocycles. The molecule has 210 valence electrons. The van der Waals surface area contributed by atoms with Crippen molar-refractivity contribution in [3.05, 3.63) is 24.0 Å². The van der Waals surface area contributed by atoms with Crippen LogP contribution in [-0.2, 0) is 14.3 Å². The van der Waals surface area contributed by atoms with E-state index in [1.165, 1.54) is 57.8 Å². The minimum Gasteiger partial charge on any atom is -0.500 e. The molecule has 0 aromatic rings. The van der Waals surface area contributed by atoms with Crippen LogP contribution in [0.3, 0.4) is 0 Å². The molecule has 0 saturated heterocycles. The third kappa shape index (κ3) is 5.99. The Bertz CT molecular complexity index is 849. The van der Waals surface area contributed by atoms with Gasteiger partial charge in [-0.05, 0) is 97.7 Å². The van der Waals surface area contributed by atoms with Crippen molar-refractivity contribution in [3.8, 4) is 0 Å². The molecule has 4 nitrogen and oxygen atoms in total. The predicted octanol–water partition coefficient (Wildman–Crippen LogP) is 7.69. The summed E-state index contributed by atoms with van der Waals surface area (Å²) in [5.74, 6) is 5.66. The summed E-state index contributed by atoms with van der Waals surface area (Å²) in [5, 5.41) is 2.82. The Morgan fingerprint density at radius 3 is 2.62 bits per heavy atom. The third-order valence-electron chi connectivity index (χ3n) is 11.5. The number of hydrogen-bond acceptors (Lipinski definition) is 3. The number of carbonyl (C=O) groups excluding carboxylic acids is 1. The van der Waals surface area contributed by atoms with E-state index in [1.54, 1.807) is 12.7 Å². The second-order valence-electron chi connectivity index (χ2n) is 14.0. The van der Waals surface area contributed by atoms with Crippen molar-refractivity contribution in [2.45, 2.75) is 111 Å². The van der Waals surface area contributed by atoms with Crippen LogP contribution in [-0.4, -0.2) is 32.3 Å². The summed E-state index contributed by atoms with van der Waals surface area (Å²) in [7, 11) is 1.57. The fraction of sp³-hybridized carbons (Fsp3) is 0.848. The fourth-order valence-corrected chi connectivity index (χ4v) is 9.31. The van der Waals surface area contributed by atoms with E-state index in [0.29, 0.717) is 23.1 Å². The lowest BCUT2D eigenvalue weighted by molar-refractivity contribution is -0.128. The highest BCUT2D eigenvalue weighted by Gasteiger charge is 2.59. The Morgan fingerprint density at radius 1 is 1.11 bits per heavy atom. The Kier molecular flexibility index (Phi) is 9.19. The summed E-state index contributed by atoms with van der Waals surface area (Å²) >= 11 is 0. The lowest BCUT2D eigenvalue weighted by Crippen LogP contribution is -2.51. The zero-order chi connectivity index (χ0) is 26.8. The Hall–Kier alpha value is -1.29. The standard InChI is InChI=1S/C33H55NO3/c1-22(2)9-8-10-23(3)28-13-14-29-27-12-11-25-19-26(37-21-31(35)34-20-24(4)36-7)15-17-32(25,5)30(27)16-18-33(28,29)6/h11,22-23,26-30H,4,8-10,12-21H2,1-3,5-7H3,(H,34,35)/t23-,26+,27?,28-,29?,30?,32+,33-/m1/s1. The molecule has 1 amide bonds. The van der Waals surface area contributed by atoms with Crippen molar-refractivity contribution in [2.75, 3.05) is 20.3 Å². The molecule has 4 aliphatic rings. The van der Waals surface area contributed by atoms with Crippen molar-refractivity contribution in [1.29, 1.82) is 0 Å². The molecular weight excluding hydrogens is 458 g/mol. The van der Waals surface area contributed by atoms with Crippen molar-refractivity contribution in [1.82, 2.24) is 5.32 Å². The smallest absolute Gasteiger partial charge is 0.246 e. The number of allylic oxidation sites excluding steroid dienone is 1. The van der Waals surface area contributed by atoms with E-state index in [9.17, 15) is 4.79 Å². The lowest BCUT2D eigenvalue weighted by Gasteiger charge is -2.58. The molecule has 37 heavy (non-hydrogen) atoms. The van der Waals surface area contributed by atoms with Crippen LogP contribution in [0.5, 0.6) is 0 Å². The topological polar surface area (TPSA) is 47.6 Å². The number of nitrogens with one attached hydrogen (secondary N) is 1. The first-order valence-corrected chi connectivity index (χ1v) is 15.4. The molecule has 0 radical (unpaired) electrons. The quantitative estimate of drug-likeness (QED) is 0.227. The van der Waals surface area contributed by atoms with E-state index in [4.69, 9.17) is 9.47 Å². The molecular formula is C33H55NO3. The van der Waals surface area contributed by atoms with Crippen LogP contribution < -0.4 is 5.32 Å². The second-order valence-corrected chi connectivity index (χ2v) is 14.0. The molecule has 8 atom stereocenters. The SMILES string of the molecule is C=C(CNC(=O)CO[C@H]1CC[C@@]2(C)C(=CCC3C2CC[C@@]2(C)C3CC[C@@H]2[C@H](C)CCCC(C)C)C1)OC. The maximum Gasteiger partial charge on any atom is 0.246 e. The summed E-state index contributed by atoms with van der Waals surface area (Å²) in [4.78, 5) is 12.2. The molecule has 4 aliphatic carbocycles. The van der Waals surface area contributed by atoms with Crippen LogP contribution in [0.1, 0.15) is 105 Å². The van der Waals surface area contributed by atoms with Gasteiger partial charge in [0.2, 0.25) is 5.91 Å². The van der Waals surface area contributed by atoms with Gasteiger partial charge in [0.1, 0.15) is 12.4 Å². The minimum absolute atomic E-state index is 0.0926. The average Bonchev–Trinajstić information content (AvgIpc) is 3.22. The van der Waals surface area contributed by atoms with Crippen LogP contribution in [0, 0.1) is 46.3 Å². The van der Waals surface area contributed by atoms with Crippen molar-refractivity contribution < 1.29 is 14.3 Å². The summed E-state index contributed by atoms with van der Waals surface area (Å²) in [6.45, 7) is 16.8. The molecule has 4 rings (SSSR count). The van der Waals surface area contributed by atoms with Gasteiger partial charge in [-0.1, -0.05) is 72.1 Å². The number of amides is 1. The summed E-state index contributed by atoms with van der Waals surface area (Å²) in [5.41, 5.74) is 2.49. The van der Waals surface area contributed by atoms with E-state index < -0.39 is 0 Å². The van der Waals surface area contributed by atoms with Crippen LogP contribution in [0.2, 0.25) is 0 Å². The Morgan fingerprint density at radius 2 is 1.89 bits per heavy atom. The largest absolute Gasteiger partial charge is 0.500 e. The molecule has 3 fully saturated rings. The number of methoxy groups -OCH3 is 1. The maximum atomic E-state index is 12.2. The van der Waals surface area contributed by atoms with Gasteiger partial charge in [-0.3, -0.25) is 4.79 Å². The van der Waals surface area contributed by atoms with E-state index in [2.05, 4.69) is 52.6 Å². The number of carbonyl (C=O) groups is 1. The van der Waals surface area contributed by atoms with E-state index in [0.717, 1.165) is 48.3 Å². The van der Waals surface area contributed by atoms with Gasteiger partial charge in [-0.2, -0.15) is 0 Å². The summed E-state index contributed by atoms with van der Waals surface area (Å²) in [6.07, 6.45) is 17.2. The van der Waals surface area contributed by atoms with Crippen molar-refractivity contribution >= 4 is 5.91 Å². The summed E-state index contributed by atoms with van der Waals surface area (Å²) < 4.78 is 11.1. The van der Waals surface area contributed by atoms with Crippen LogP contribution in [0.25, 0.3) is 0 Å². The summed E-state index contributed by atoms with van der Waals surface area (Å²) in [6, 6.07) is 0. The second kappa shape index (κ2) is 11.8. The van der Waals surface area contributed by atoms with Crippen LogP contribution in [0.15, 0.2) is 24.0 Å². The molecule has 0 aliphatic heterocycles. The van der Waals surface area contributed by atoms with E-state index in [-0.39, 0.29) is 18.6 Å². The first-order chi connectivity index (χ1) is 17.6. The van der Waals surface area contributed by atoms with Gasteiger partial charge in [0, 0.05) is 0 Å². The van der Waals surface area contributed by atoms with Gasteiger partial charge in [0.05, 0.1) is 19.8 Å². The normalized spacial score (nSPS) is 37.7. The van der Waals surface area contributed by atoms with Gasteiger partial charge in [-0.15, -0.1) is 0 Å². The molecule has 0 aromatic carbocycles. The predicted molar refractivity (Wildman–Crippen MR) is 152 cm³/mol. The Balaban J connectivity index is 1.35. The monoisotopic (exact) mass is 513 g/mol. The molecule has 0 spiro atoms. The number of rotatable bonds is 11. The van der Waals surface area contributed by atoms with E-state index in [1.807, 2.05) is 0 Å². The van der Waals surface area contributed by atoms with Crippen LogP contribution >= 0.6 is 0 Å². The van der Waals surface area contributed by atoms with Crippen LogP contribution in [0.4, 0.5) is 0 Å². The third-order valence-corrected chi connectivity index (χ3v) is 11.5. The first kappa shape index (κ1) is 28.7. The number of fused-ring (bicyclic) bond motifs is 5. The minimum atomic E-state index is -0.0926. The van der Waals surface area contributed by atoms with Gasteiger partial charge in [0.25, 0.3) is 0 Å². The number of hydrogen-bond donors (Lipinski definition) is 1. The molecule has 3 unspecified atom stereocenters. The molecule has 4 heteroatoms. The lowest BCUT2D eigenvalue weighted by atomic mass is 9.47. The zero-order valence-electron chi connectivity index (χ0n) is 24.7. The fourth-order valence-electron chi connectivity index (χ4n) is 9.31. The molecule has 3 saturated carbocycles. The molecule has 1 N–H and O–H groups in total. The van der Waals surface area contributed by atoms with Gasteiger partial charge >= 0.3 is 0 Å². The highest BCUT2D eigenvalue weighted by molar-refractivity contribution is 5.77. The van der Waals surface area contributed by atoms with Crippen molar-refractivity contribution in [3.63, 3.8) is 0 Å². The maximum absolute atomic E-state index is 12.2. The number of ether oxygens (including phenoxy) is 2. The Labute approximate surface area is 227 Å².